The van der Waals surface area contributed by atoms with Crippen molar-refractivity contribution in [1.82, 2.24) is 19.2 Å². The van der Waals surface area contributed by atoms with Crippen molar-refractivity contribution in [2.45, 2.75) is 65.0 Å². The molecular weight excluding hydrogens is 356 g/mol. The zero-order valence-electron chi connectivity index (χ0n) is 16.9. The molecule has 1 saturated carbocycles. The molecule has 3 rings (SSSR count). The third kappa shape index (κ3) is 3.93. The molecule has 0 spiro atoms. The van der Waals surface area contributed by atoms with Gasteiger partial charge in [-0.2, -0.15) is 9.78 Å². The smallest absolute Gasteiger partial charge is 0.337 e. The minimum atomic E-state index is -0.608. The monoisotopic (exact) mass is 384 g/mol. The number of nitrogens with zero attached hydrogens (tertiary/aromatic N) is 4. The van der Waals surface area contributed by atoms with E-state index < -0.39 is 17.2 Å². The van der Waals surface area contributed by atoms with E-state index in [1.807, 2.05) is 26.0 Å². The van der Waals surface area contributed by atoms with Gasteiger partial charge < -0.3 is 4.90 Å². The van der Waals surface area contributed by atoms with E-state index >= 15 is 0 Å². The van der Waals surface area contributed by atoms with Crippen LogP contribution in [0.2, 0.25) is 0 Å². The maximum atomic E-state index is 13.1. The van der Waals surface area contributed by atoms with Crippen LogP contribution in [-0.2, 0) is 6.54 Å². The maximum absolute atomic E-state index is 13.1. The second-order valence-electron chi connectivity index (χ2n) is 7.54. The van der Waals surface area contributed by atoms with Gasteiger partial charge in [-0.15, -0.1) is 0 Å². The third-order valence-electron chi connectivity index (χ3n) is 5.43. The van der Waals surface area contributed by atoms with Gasteiger partial charge in [0.25, 0.3) is 11.5 Å². The van der Waals surface area contributed by atoms with Crippen LogP contribution in [0.4, 0.5) is 0 Å². The fourth-order valence-corrected chi connectivity index (χ4v) is 3.72. The predicted molar refractivity (Wildman–Crippen MR) is 108 cm³/mol. The van der Waals surface area contributed by atoms with E-state index in [4.69, 9.17) is 0 Å². The molecule has 28 heavy (non-hydrogen) atoms. The zero-order chi connectivity index (χ0) is 20.3. The molecule has 1 aliphatic rings. The first-order valence-corrected chi connectivity index (χ1v) is 10.0. The van der Waals surface area contributed by atoms with E-state index in [-0.39, 0.29) is 18.3 Å². The van der Waals surface area contributed by atoms with Gasteiger partial charge in [0.15, 0.2) is 0 Å². The largest absolute Gasteiger partial charge is 0.352 e. The Kier molecular flexibility index (Phi) is 6.11. The van der Waals surface area contributed by atoms with Gasteiger partial charge in [0.2, 0.25) is 5.69 Å². The summed E-state index contributed by atoms with van der Waals surface area (Å²) in [6, 6.07) is 7.39. The molecule has 1 heterocycles. The third-order valence-corrected chi connectivity index (χ3v) is 5.43. The Morgan fingerprint density at radius 1 is 1.14 bits per heavy atom. The first-order chi connectivity index (χ1) is 13.4. The first kappa shape index (κ1) is 20.0. The number of hydrogen-bond donors (Lipinski definition) is 0. The molecule has 150 valence electrons. The van der Waals surface area contributed by atoms with Crippen LogP contribution in [0, 0.1) is 6.92 Å². The average Bonchev–Trinajstić information content (AvgIpc) is 2.72. The van der Waals surface area contributed by atoms with Crippen LogP contribution in [-0.4, -0.2) is 38.2 Å². The molecule has 2 aromatic rings. The summed E-state index contributed by atoms with van der Waals surface area (Å²) < 4.78 is 2.28. The van der Waals surface area contributed by atoms with Crippen molar-refractivity contribution in [3.05, 3.63) is 56.4 Å². The molecule has 0 saturated heterocycles. The van der Waals surface area contributed by atoms with Crippen LogP contribution in [0.3, 0.4) is 0 Å². The lowest BCUT2D eigenvalue weighted by Crippen LogP contribution is -2.48. The van der Waals surface area contributed by atoms with Crippen LogP contribution in [0.25, 0.3) is 5.69 Å². The van der Waals surface area contributed by atoms with Crippen molar-refractivity contribution < 1.29 is 4.79 Å². The van der Waals surface area contributed by atoms with Crippen molar-refractivity contribution >= 4 is 5.91 Å². The Morgan fingerprint density at radius 2 is 1.79 bits per heavy atom. The van der Waals surface area contributed by atoms with Crippen LogP contribution in [0.1, 0.15) is 61.5 Å². The molecule has 0 unspecified atom stereocenters. The average molecular weight is 384 g/mol. The van der Waals surface area contributed by atoms with Gasteiger partial charge in [-0.25, -0.2) is 4.79 Å². The number of aryl methyl sites for hydroxylation is 1. The molecule has 1 aromatic carbocycles. The van der Waals surface area contributed by atoms with Gasteiger partial charge in [-0.1, -0.05) is 43.9 Å². The number of benzene rings is 1. The van der Waals surface area contributed by atoms with Crippen LogP contribution in [0.15, 0.2) is 33.9 Å². The van der Waals surface area contributed by atoms with Gasteiger partial charge in [0.05, 0.1) is 5.69 Å². The summed E-state index contributed by atoms with van der Waals surface area (Å²) in [5.74, 6) is -0.414. The summed E-state index contributed by atoms with van der Waals surface area (Å²) in [6.45, 7) is 4.09. The predicted octanol–water partition coefficient (Wildman–Crippen LogP) is 2.52. The van der Waals surface area contributed by atoms with Gasteiger partial charge in [0, 0.05) is 19.6 Å². The minimum absolute atomic E-state index is 0.113. The highest BCUT2D eigenvalue weighted by molar-refractivity contribution is 5.91. The molecule has 7 nitrogen and oxygen atoms in total. The summed E-state index contributed by atoms with van der Waals surface area (Å²) in [7, 11) is 1.73. The van der Waals surface area contributed by atoms with Crippen molar-refractivity contribution in [2.75, 3.05) is 7.05 Å². The number of hydrogen-bond acceptors (Lipinski definition) is 4. The Hall–Kier alpha value is -2.70. The molecule has 1 fully saturated rings. The van der Waals surface area contributed by atoms with E-state index in [0.29, 0.717) is 12.1 Å². The summed E-state index contributed by atoms with van der Waals surface area (Å²) in [5, 5.41) is 4.21. The highest BCUT2D eigenvalue weighted by Crippen LogP contribution is 2.22. The topological polar surface area (TPSA) is 77.2 Å². The van der Waals surface area contributed by atoms with E-state index in [9.17, 15) is 14.4 Å². The van der Waals surface area contributed by atoms with E-state index in [2.05, 4.69) is 5.10 Å². The highest BCUT2D eigenvalue weighted by atomic mass is 16.2. The Morgan fingerprint density at radius 3 is 2.39 bits per heavy atom. The van der Waals surface area contributed by atoms with Crippen LogP contribution in [0.5, 0.6) is 0 Å². The number of carbonyl (C=O) groups excluding carboxylic acids is 1. The van der Waals surface area contributed by atoms with Crippen molar-refractivity contribution in [3.63, 3.8) is 0 Å². The molecule has 0 radical (unpaired) electrons. The van der Waals surface area contributed by atoms with E-state index in [1.54, 1.807) is 24.1 Å². The lowest BCUT2D eigenvalue weighted by molar-refractivity contribution is 0.0684. The SMILES string of the molecule is CCCn1c(=O)c(C(=O)N(C)C2CCCCC2)nn(-c2ccc(C)cc2)c1=O. The molecule has 0 bridgehead atoms. The molecule has 1 aliphatic carbocycles. The molecular formula is C21H28N4O3. The van der Waals surface area contributed by atoms with Gasteiger partial charge in [-0.05, 0) is 38.3 Å². The molecule has 0 atom stereocenters. The Balaban J connectivity index is 2.09. The summed E-state index contributed by atoms with van der Waals surface area (Å²) in [6.07, 6.45) is 5.82. The Bertz CT molecular complexity index is 953. The van der Waals surface area contributed by atoms with Crippen LogP contribution >= 0.6 is 0 Å². The zero-order valence-corrected chi connectivity index (χ0v) is 16.9. The van der Waals surface area contributed by atoms with Gasteiger partial charge >= 0.3 is 5.69 Å². The summed E-state index contributed by atoms with van der Waals surface area (Å²) >= 11 is 0. The fraction of sp³-hybridized carbons (Fsp3) is 0.524. The molecule has 1 amide bonds. The number of aromatic nitrogens is 3. The molecule has 0 aliphatic heterocycles. The standard InChI is InChI=1S/C21H28N4O3/c1-4-14-24-20(27)18(19(26)23(3)16-8-6-5-7-9-16)22-25(21(24)28)17-12-10-15(2)11-13-17/h10-13,16H,4-9,14H2,1-3H3. The van der Waals surface area contributed by atoms with Gasteiger partial charge in [0.1, 0.15) is 0 Å². The fourth-order valence-electron chi connectivity index (χ4n) is 3.72. The minimum Gasteiger partial charge on any atom is -0.337 e. The van der Waals surface area contributed by atoms with Crippen molar-refractivity contribution in [2.24, 2.45) is 0 Å². The summed E-state index contributed by atoms with van der Waals surface area (Å²) in [4.78, 5) is 40.5. The number of amides is 1. The second-order valence-corrected chi connectivity index (χ2v) is 7.54. The number of carbonyl (C=O) groups is 1. The molecule has 0 N–H and O–H groups in total. The van der Waals surface area contributed by atoms with Crippen LogP contribution < -0.4 is 11.2 Å². The second kappa shape index (κ2) is 8.54. The molecule has 1 aromatic heterocycles. The summed E-state index contributed by atoms with van der Waals surface area (Å²) in [5.41, 5.74) is 0.263. The van der Waals surface area contributed by atoms with E-state index in [1.165, 1.54) is 11.1 Å². The maximum Gasteiger partial charge on any atom is 0.352 e. The first-order valence-electron chi connectivity index (χ1n) is 10.0. The lowest BCUT2D eigenvalue weighted by Gasteiger charge is -2.30. The quantitative estimate of drug-likeness (QED) is 0.794. The number of rotatable bonds is 5. The molecule has 7 heteroatoms. The lowest BCUT2D eigenvalue weighted by atomic mass is 9.94. The van der Waals surface area contributed by atoms with Crippen molar-refractivity contribution in [3.8, 4) is 5.69 Å². The van der Waals surface area contributed by atoms with Gasteiger partial charge in [-0.3, -0.25) is 14.2 Å². The normalized spacial score (nSPS) is 14.8. The Labute approximate surface area is 164 Å². The van der Waals surface area contributed by atoms with E-state index in [0.717, 1.165) is 35.8 Å². The van der Waals surface area contributed by atoms with Crippen molar-refractivity contribution in [1.29, 1.82) is 0 Å². The highest BCUT2D eigenvalue weighted by Gasteiger charge is 2.28.